The maximum Gasteiger partial charge on any atom is 0.256 e. The number of rotatable bonds is 3. The van der Waals surface area contributed by atoms with Gasteiger partial charge < -0.3 is 9.80 Å². The van der Waals surface area contributed by atoms with Crippen LogP contribution in [0.15, 0.2) is 72.8 Å². The summed E-state index contributed by atoms with van der Waals surface area (Å²) in [5.41, 5.74) is 3.22. The first kappa shape index (κ1) is 20.5. The number of para-hydroxylation sites is 1. The van der Waals surface area contributed by atoms with Gasteiger partial charge in [0.15, 0.2) is 0 Å². The summed E-state index contributed by atoms with van der Waals surface area (Å²) in [4.78, 5) is 29.7. The second-order valence-corrected chi connectivity index (χ2v) is 8.02. The normalized spacial score (nSPS) is 16.6. The molecule has 0 saturated carbocycles. The number of piperazine rings is 1. The summed E-state index contributed by atoms with van der Waals surface area (Å²) in [5.74, 6) is -0.392. The van der Waals surface area contributed by atoms with E-state index >= 15 is 0 Å². The molecule has 0 aromatic heterocycles. The predicted octanol–water partition coefficient (Wildman–Crippen LogP) is 5.54. The fraction of sp³-hybridized carbons (Fsp3) is 0.167. The molecule has 30 heavy (non-hydrogen) atoms. The quantitative estimate of drug-likeness (QED) is 0.538. The molecule has 0 bridgehead atoms. The van der Waals surface area contributed by atoms with Crippen molar-refractivity contribution in [1.29, 1.82) is 0 Å². The van der Waals surface area contributed by atoms with Gasteiger partial charge in [-0.3, -0.25) is 9.59 Å². The minimum Gasteiger partial charge on any atom is -0.325 e. The molecule has 4 nitrogen and oxygen atoms in total. The molecule has 1 heterocycles. The monoisotopic (exact) mass is 438 g/mol. The van der Waals surface area contributed by atoms with Crippen LogP contribution < -0.4 is 4.90 Å². The number of carbonyl (C=O) groups excluding carboxylic acids is 2. The first-order valence-electron chi connectivity index (χ1n) is 9.69. The number of hydrogen-bond acceptors (Lipinski definition) is 2. The van der Waals surface area contributed by atoms with Gasteiger partial charge in [-0.2, -0.15) is 0 Å². The van der Waals surface area contributed by atoms with Crippen molar-refractivity contribution >= 4 is 40.7 Å². The average Bonchev–Trinajstić information content (AvgIpc) is 2.76. The molecule has 0 spiro atoms. The summed E-state index contributed by atoms with van der Waals surface area (Å²) in [6.07, 6.45) is 0. The Kier molecular flexibility index (Phi) is 5.80. The highest BCUT2D eigenvalue weighted by atomic mass is 35.5. The van der Waals surface area contributed by atoms with Crippen LogP contribution in [0, 0.1) is 0 Å². The van der Waals surface area contributed by atoms with Gasteiger partial charge in [0.05, 0.1) is 16.3 Å². The van der Waals surface area contributed by atoms with Crippen LogP contribution >= 0.6 is 23.2 Å². The molecule has 3 aromatic rings. The Morgan fingerprint density at radius 1 is 0.933 bits per heavy atom. The van der Waals surface area contributed by atoms with Crippen molar-refractivity contribution in [3.63, 3.8) is 0 Å². The molecule has 1 saturated heterocycles. The lowest BCUT2D eigenvalue weighted by atomic mass is 10.0. The van der Waals surface area contributed by atoms with Crippen LogP contribution in [-0.4, -0.2) is 35.8 Å². The highest BCUT2D eigenvalue weighted by molar-refractivity contribution is 6.36. The summed E-state index contributed by atoms with van der Waals surface area (Å²) in [6, 6.07) is 21.9. The number of anilines is 1. The van der Waals surface area contributed by atoms with Gasteiger partial charge >= 0.3 is 0 Å². The Morgan fingerprint density at radius 2 is 1.63 bits per heavy atom. The van der Waals surface area contributed by atoms with Crippen molar-refractivity contribution in [2.45, 2.75) is 13.0 Å². The second kappa shape index (κ2) is 8.50. The Bertz CT molecular complexity index is 1100. The van der Waals surface area contributed by atoms with Crippen molar-refractivity contribution < 1.29 is 9.59 Å². The third kappa shape index (κ3) is 3.81. The van der Waals surface area contributed by atoms with Gasteiger partial charge in [0.1, 0.15) is 6.04 Å². The lowest BCUT2D eigenvalue weighted by Gasteiger charge is -2.40. The van der Waals surface area contributed by atoms with E-state index in [0.29, 0.717) is 23.7 Å². The van der Waals surface area contributed by atoms with Crippen LogP contribution in [0.5, 0.6) is 0 Å². The molecule has 1 fully saturated rings. The maximum absolute atomic E-state index is 13.3. The third-order valence-electron chi connectivity index (χ3n) is 5.36. The Morgan fingerprint density at radius 3 is 2.37 bits per heavy atom. The van der Waals surface area contributed by atoms with E-state index in [0.717, 1.165) is 16.8 Å². The van der Waals surface area contributed by atoms with Gasteiger partial charge in [0.25, 0.3) is 5.91 Å². The van der Waals surface area contributed by atoms with E-state index < -0.39 is 6.04 Å². The fourth-order valence-electron chi connectivity index (χ4n) is 3.78. The van der Waals surface area contributed by atoms with Crippen LogP contribution in [0.2, 0.25) is 10.0 Å². The highest BCUT2D eigenvalue weighted by Crippen LogP contribution is 2.33. The van der Waals surface area contributed by atoms with Crippen molar-refractivity contribution in [3.8, 4) is 11.1 Å². The highest BCUT2D eigenvalue weighted by Gasteiger charge is 2.36. The smallest absolute Gasteiger partial charge is 0.256 e. The Labute approximate surface area is 185 Å². The zero-order chi connectivity index (χ0) is 21.3. The van der Waals surface area contributed by atoms with Crippen molar-refractivity contribution in [2.75, 3.05) is 18.0 Å². The number of halogens is 2. The SMILES string of the molecule is C[C@H]1C(=O)N(c2ccccc2-c2ccccc2)CCN1C(=O)c1ccc(Cl)cc1Cl. The molecule has 6 heteroatoms. The van der Waals surface area contributed by atoms with E-state index in [-0.39, 0.29) is 16.8 Å². The van der Waals surface area contributed by atoms with E-state index in [2.05, 4.69) is 0 Å². The standard InChI is InChI=1S/C24H20Cl2N2O2/c1-16-23(29)28(22-10-6-5-9-19(22)17-7-3-2-4-8-17)14-13-27(16)24(30)20-12-11-18(25)15-21(20)26/h2-12,15-16H,13-14H2,1H3/t16-/m0/s1. The number of nitrogens with zero attached hydrogens (tertiary/aromatic N) is 2. The molecular formula is C24H20Cl2N2O2. The lowest BCUT2D eigenvalue weighted by molar-refractivity contribution is -0.124. The van der Waals surface area contributed by atoms with E-state index in [1.807, 2.05) is 54.6 Å². The second-order valence-electron chi connectivity index (χ2n) is 7.17. The molecule has 2 amide bonds. The lowest BCUT2D eigenvalue weighted by Crippen LogP contribution is -2.57. The molecule has 152 valence electrons. The molecule has 1 aliphatic rings. The molecule has 0 unspecified atom stereocenters. The van der Waals surface area contributed by atoms with E-state index in [1.54, 1.807) is 28.9 Å². The zero-order valence-electron chi connectivity index (χ0n) is 16.4. The van der Waals surface area contributed by atoms with Gasteiger partial charge in [-0.05, 0) is 36.8 Å². The zero-order valence-corrected chi connectivity index (χ0v) is 17.9. The molecule has 1 aliphatic heterocycles. The number of amides is 2. The molecular weight excluding hydrogens is 419 g/mol. The number of hydrogen-bond donors (Lipinski definition) is 0. The van der Waals surface area contributed by atoms with Crippen LogP contribution in [0.1, 0.15) is 17.3 Å². The number of carbonyl (C=O) groups is 2. The fourth-order valence-corrected chi connectivity index (χ4v) is 4.26. The molecule has 0 radical (unpaired) electrons. The maximum atomic E-state index is 13.3. The Hall–Kier alpha value is -2.82. The number of benzene rings is 3. The van der Waals surface area contributed by atoms with Gasteiger partial charge in [-0.15, -0.1) is 0 Å². The topological polar surface area (TPSA) is 40.6 Å². The van der Waals surface area contributed by atoms with Gasteiger partial charge in [-0.1, -0.05) is 71.7 Å². The van der Waals surface area contributed by atoms with Crippen molar-refractivity contribution in [2.24, 2.45) is 0 Å². The van der Waals surface area contributed by atoms with Gasteiger partial charge in [0.2, 0.25) is 5.91 Å². The third-order valence-corrected chi connectivity index (χ3v) is 5.91. The molecule has 0 N–H and O–H groups in total. The van der Waals surface area contributed by atoms with Crippen LogP contribution in [0.4, 0.5) is 5.69 Å². The summed E-state index contributed by atoms with van der Waals surface area (Å²) < 4.78 is 0. The Balaban J connectivity index is 1.62. The average molecular weight is 439 g/mol. The molecule has 3 aromatic carbocycles. The molecule has 1 atom stereocenters. The van der Waals surface area contributed by atoms with Crippen LogP contribution in [-0.2, 0) is 4.79 Å². The first-order chi connectivity index (χ1) is 14.5. The summed E-state index contributed by atoms with van der Waals surface area (Å²) >= 11 is 12.2. The largest absolute Gasteiger partial charge is 0.325 e. The van der Waals surface area contributed by atoms with E-state index in [9.17, 15) is 9.59 Å². The van der Waals surface area contributed by atoms with E-state index in [1.165, 1.54) is 6.07 Å². The summed E-state index contributed by atoms with van der Waals surface area (Å²) in [5, 5.41) is 0.743. The minimum absolute atomic E-state index is 0.122. The van der Waals surface area contributed by atoms with Crippen molar-refractivity contribution in [1.82, 2.24) is 4.90 Å². The van der Waals surface area contributed by atoms with Crippen LogP contribution in [0.25, 0.3) is 11.1 Å². The summed E-state index contributed by atoms with van der Waals surface area (Å²) in [6.45, 7) is 2.57. The van der Waals surface area contributed by atoms with Crippen LogP contribution in [0.3, 0.4) is 0 Å². The minimum atomic E-state index is -0.609. The predicted molar refractivity (Wildman–Crippen MR) is 121 cm³/mol. The molecule has 0 aliphatic carbocycles. The molecule has 4 rings (SSSR count). The van der Waals surface area contributed by atoms with Gasteiger partial charge in [0, 0.05) is 23.7 Å². The van der Waals surface area contributed by atoms with E-state index in [4.69, 9.17) is 23.2 Å². The van der Waals surface area contributed by atoms with Gasteiger partial charge in [-0.25, -0.2) is 0 Å². The summed E-state index contributed by atoms with van der Waals surface area (Å²) in [7, 11) is 0. The van der Waals surface area contributed by atoms with Crippen molar-refractivity contribution in [3.05, 3.63) is 88.4 Å². The first-order valence-corrected chi connectivity index (χ1v) is 10.4.